The third-order valence-corrected chi connectivity index (χ3v) is 4.73. The van der Waals surface area contributed by atoms with Crippen LogP contribution >= 0.6 is 0 Å². The number of likely N-dealkylation sites (tertiary alicyclic amines) is 1. The SMILES string of the molecule is Cc1ccccc1C1(F)CCN(C(=O)C2CCOCC2)C1. The highest BCUT2D eigenvalue weighted by Crippen LogP contribution is 2.38. The zero-order chi connectivity index (χ0) is 14.9. The molecule has 4 heteroatoms. The summed E-state index contributed by atoms with van der Waals surface area (Å²) in [6, 6.07) is 7.56. The molecule has 0 saturated carbocycles. The fourth-order valence-corrected chi connectivity index (χ4v) is 3.46. The van der Waals surface area contributed by atoms with E-state index in [1.165, 1.54) is 0 Å². The summed E-state index contributed by atoms with van der Waals surface area (Å²) in [5, 5.41) is 0. The minimum Gasteiger partial charge on any atom is -0.381 e. The molecule has 3 rings (SSSR count). The Morgan fingerprint density at radius 2 is 2.05 bits per heavy atom. The number of halogens is 1. The van der Waals surface area contributed by atoms with E-state index in [9.17, 15) is 4.79 Å². The lowest BCUT2D eigenvalue weighted by Gasteiger charge is -2.27. The first-order valence-corrected chi connectivity index (χ1v) is 7.72. The summed E-state index contributed by atoms with van der Waals surface area (Å²) < 4.78 is 20.6. The topological polar surface area (TPSA) is 29.5 Å². The van der Waals surface area contributed by atoms with Crippen LogP contribution in [-0.4, -0.2) is 37.1 Å². The van der Waals surface area contributed by atoms with Crippen LogP contribution in [0, 0.1) is 12.8 Å². The van der Waals surface area contributed by atoms with Gasteiger partial charge in [0.1, 0.15) is 0 Å². The Morgan fingerprint density at radius 3 is 2.76 bits per heavy atom. The molecular formula is C17H22FNO2. The van der Waals surface area contributed by atoms with Gasteiger partial charge in [0.2, 0.25) is 5.91 Å². The van der Waals surface area contributed by atoms with Gasteiger partial charge in [-0.3, -0.25) is 4.79 Å². The molecule has 1 atom stereocenters. The van der Waals surface area contributed by atoms with Crippen molar-refractivity contribution < 1.29 is 13.9 Å². The van der Waals surface area contributed by atoms with Gasteiger partial charge < -0.3 is 9.64 Å². The number of amides is 1. The maximum absolute atomic E-state index is 15.3. The molecule has 0 spiro atoms. The summed E-state index contributed by atoms with van der Waals surface area (Å²) in [6.07, 6.45) is 1.92. The highest BCUT2D eigenvalue weighted by atomic mass is 19.1. The van der Waals surface area contributed by atoms with E-state index in [1.807, 2.05) is 31.2 Å². The van der Waals surface area contributed by atoms with Gasteiger partial charge in [0, 0.05) is 32.1 Å². The van der Waals surface area contributed by atoms with Crippen LogP contribution < -0.4 is 0 Å². The molecule has 1 aromatic rings. The van der Waals surface area contributed by atoms with E-state index in [0.717, 1.165) is 24.0 Å². The van der Waals surface area contributed by atoms with Crippen molar-refractivity contribution in [3.05, 3.63) is 35.4 Å². The van der Waals surface area contributed by atoms with Crippen molar-refractivity contribution in [3.8, 4) is 0 Å². The number of nitrogens with zero attached hydrogens (tertiary/aromatic N) is 1. The van der Waals surface area contributed by atoms with Gasteiger partial charge in [-0.2, -0.15) is 0 Å². The molecule has 0 radical (unpaired) electrons. The van der Waals surface area contributed by atoms with Crippen molar-refractivity contribution in [1.29, 1.82) is 0 Å². The minimum atomic E-state index is -1.40. The normalized spacial score (nSPS) is 27.0. The van der Waals surface area contributed by atoms with E-state index in [1.54, 1.807) is 4.90 Å². The monoisotopic (exact) mass is 291 g/mol. The van der Waals surface area contributed by atoms with Crippen LogP contribution in [0.25, 0.3) is 0 Å². The van der Waals surface area contributed by atoms with Crippen LogP contribution in [0.1, 0.15) is 30.4 Å². The number of ether oxygens (including phenoxy) is 1. The molecule has 2 aliphatic heterocycles. The maximum atomic E-state index is 15.3. The lowest BCUT2D eigenvalue weighted by Crippen LogP contribution is -2.38. The van der Waals surface area contributed by atoms with Crippen LogP contribution in [0.4, 0.5) is 4.39 Å². The predicted molar refractivity (Wildman–Crippen MR) is 78.7 cm³/mol. The second-order valence-corrected chi connectivity index (χ2v) is 6.18. The van der Waals surface area contributed by atoms with E-state index < -0.39 is 5.67 Å². The van der Waals surface area contributed by atoms with E-state index in [4.69, 9.17) is 4.74 Å². The molecular weight excluding hydrogens is 269 g/mol. The standard InChI is InChI=1S/C17H22FNO2/c1-13-4-2-3-5-15(13)17(18)8-9-19(12-17)16(20)14-6-10-21-11-7-14/h2-5,14H,6-12H2,1H3. The zero-order valence-electron chi connectivity index (χ0n) is 12.5. The van der Waals surface area contributed by atoms with Gasteiger partial charge in [0.25, 0.3) is 0 Å². The molecule has 1 aromatic carbocycles. The van der Waals surface area contributed by atoms with Crippen molar-refractivity contribution in [1.82, 2.24) is 4.90 Å². The molecule has 0 bridgehead atoms. The Bertz CT molecular complexity index is 527. The van der Waals surface area contributed by atoms with Crippen LogP contribution in [0.5, 0.6) is 0 Å². The summed E-state index contributed by atoms with van der Waals surface area (Å²) in [5.74, 6) is 0.115. The van der Waals surface area contributed by atoms with E-state index in [-0.39, 0.29) is 18.4 Å². The largest absolute Gasteiger partial charge is 0.381 e. The average Bonchev–Trinajstić information content (AvgIpc) is 2.91. The van der Waals surface area contributed by atoms with Crippen molar-refractivity contribution in [3.63, 3.8) is 0 Å². The van der Waals surface area contributed by atoms with Crippen LogP contribution in [0.15, 0.2) is 24.3 Å². The summed E-state index contributed by atoms with van der Waals surface area (Å²) in [6.45, 7) is 3.92. The second-order valence-electron chi connectivity index (χ2n) is 6.18. The molecule has 2 heterocycles. The highest BCUT2D eigenvalue weighted by Gasteiger charge is 2.43. The summed E-state index contributed by atoms with van der Waals surface area (Å²) >= 11 is 0. The maximum Gasteiger partial charge on any atom is 0.225 e. The Labute approximate surface area is 125 Å². The van der Waals surface area contributed by atoms with Gasteiger partial charge >= 0.3 is 0 Å². The molecule has 2 fully saturated rings. The van der Waals surface area contributed by atoms with Crippen molar-refractivity contribution in [2.24, 2.45) is 5.92 Å². The number of aryl methyl sites for hydroxylation is 1. The number of carbonyl (C=O) groups excluding carboxylic acids is 1. The zero-order valence-corrected chi connectivity index (χ0v) is 12.5. The summed E-state index contributed by atoms with van der Waals surface area (Å²) in [5.41, 5.74) is 0.291. The predicted octanol–water partition coefficient (Wildman–Crippen LogP) is 2.82. The summed E-state index contributed by atoms with van der Waals surface area (Å²) in [7, 11) is 0. The van der Waals surface area contributed by atoms with Gasteiger partial charge in [-0.25, -0.2) is 4.39 Å². The van der Waals surface area contributed by atoms with Gasteiger partial charge in [0.05, 0.1) is 6.54 Å². The first-order chi connectivity index (χ1) is 10.1. The quantitative estimate of drug-likeness (QED) is 0.838. The van der Waals surface area contributed by atoms with Gasteiger partial charge in [-0.15, -0.1) is 0 Å². The van der Waals surface area contributed by atoms with Gasteiger partial charge in [-0.05, 0) is 30.9 Å². The Morgan fingerprint density at radius 1 is 1.33 bits per heavy atom. The first-order valence-electron chi connectivity index (χ1n) is 7.72. The van der Waals surface area contributed by atoms with Crippen LogP contribution in [0.2, 0.25) is 0 Å². The number of rotatable bonds is 2. The molecule has 0 aromatic heterocycles. The molecule has 3 nitrogen and oxygen atoms in total. The molecule has 2 aliphatic rings. The number of hydrogen-bond acceptors (Lipinski definition) is 2. The van der Waals surface area contributed by atoms with E-state index in [2.05, 4.69) is 0 Å². The molecule has 0 aliphatic carbocycles. The number of alkyl halides is 1. The Hall–Kier alpha value is -1.42. The number of hydrogen-bond donors (Lipinski definition) is 0. The smallest absolute Gasteiger partial charge is 0.225 e. The number of benzene rings is 1. The molecule has 1 amide bonds. The highest BCUT2D eigenvalue weighted by molar-refractivity contribution is 5.79. The molecule has 0 N–H and O–H groups in total. The first kappa shape index (κ1) is 14.5. The fourth-order valence-electron chi connectivity index (χ4n) is 3.46. The van der Waals surface area contributed by atoms with Gasteiger partial charge in [-0.1, -0.05) is 24.3 Å². The number of carbonyl (C=O) groups is 1. The van der Waals surface area contributed by atoms with Crippen molar-refractivity contribution in [2.75, 3.05) is 26.3 Å². The minimum absolute atomic E-state index is 0.0120. The van der Waals surface area contributed by atoms with Crippen molar-refractivity contribution >= 4 is 5.91 Å². The Kier molecular flexibility index (Phi) is 3.98. The molecule has 114 valence electrons. The van der Waals surface area contributed by atoms with E-state index >= 15 is 4.39 Å². The van der Waals surface area contributed by atoms with Crippen molar-refractivity contribution in [2.45, 2.75) is 31.9 Å². The summed E-state index contributed by atoms with van der Waals surface area (Å²) in [4.78, 5) is 14.2. The lowest BCUT2D eigenvalue weighted by atomic mass is 9.91. The van der Waals surface area contributed by atoms with Gasteiger partial charge in [0.15, 0.2) is 5.67 Å². The average molecular weight is 291 g/mol. The second kappa shape index (κ2) is 5.76. The molecule has 21 heavy (non-hydrogen) atoms. The Balaban J connectivity index is 1.72. The fraction of sp³-hybridized carbons (Fsp3) is 0.588. The van der Waals surface area contributed by atoms with Crippen LogP contribution in [-0.2, 0) is 15.2 Å². The lowest BCUT2D eigenvalue weighted by molar-refractivity contribution is -0.138. The van der Waals surface area contributed by atoms with Crippen LogP contribution in [0.3, 0.4) is 0 Å². The third kappa shape index (κ3) is 2.82. The molecule has 2 saturated heterocycles. The van der Waals surface area contributed by atoms with E-state index in [0.29, 0.717) is 26.2 Å². The third-order valence-electron chi connectivity index (χ3n) is 4.73. The molecule has 1 unspecified atom stereocenters.